The third kappa shape index (κ3) is 3.61. The van der Waals surface area contributed by atoms with Crippen LogP contribution in [0.4, 0.5) is 0 Å². The summed E-state index contributed by atoms with van der Waals surface area (Å²) in [5.41, 5.74) is 10.7. The van der Waals surface area contributed by atoms with E-state index in [2.05, 4.69) is 60.0 Å². The summed E-state index contributed by atoms with van der Waals surface area (Å²) in [6.45, 7) is 9.89. The zero-order valence-corrected chi connectivity index (χ0v) is 15.5. The number of aromatic nitrogens is 1. The number of rotatable bonds is 5. The molecule has 0 radical (unpaired) electrons. The van der Waals surface area contributed by atoms with E-state index in [1.165, 1.54) is 22.2 Å². The van der Waals surface area contributed by atoms with Gasteiger partial charge in [0.2, 0.25) is 0 Å². The lowest BCUT2D eigenvalue weighted by Crippen LogP contribution is -2.17. The van der Waals surface area contributed by atoms with Crippen molar-refractivity contribution >= 4 is 21.8 Å². The molecule has 1 aromatic heterocycles. The Morgan fingerprint density at radius 2 is 1.81 bits per heavy atom. The molecule has 0 unspecified atom stereocenters. The summed E-state index contributed by atoms with van der Waals surface area (Å²) in [5, 5.41) is 7.66. The third-order valence-corrected chi connectivity index (χ3v) is 4.62. The van der Waals surface area contributed by atoms with E-state index in [4.69, 9.17) is 10.6 Å². The molecule has 4 nitrogen and oxygen atoms in total. The van der Waals surface area contributed by atoms with Crippen LogP contribution in [0.15, 0.2) is 41.6 Å². The van der Waals surface area contributed by atoms with Crippen LogP contribution in [-0.2, 0) is 11.4 Å². The second-order valence-electron chi connectivity index (χ2n) is 6.81. The van der Waals surface area contributed by atoms with E-state index in [1.807, 2.05) is 13.8 Å². The summed E-state index contributed by atoms with van der Waals surface area (Å²) in [7, 11) is 0. The highest BCUT2D eigenvalue weighted by Crippen LogP contribution is 2.24. The van der Waals surface area contributed by atoms with Crippen molar-refractivity contribution in [1.29, 1.82) is 0 Å². The number of nitrogens with two attached hydrogens (primary N) is 1. The van der Waals surface area contributed by atoms with E-state index in [0.717, 1.165) is 29.1 Å². The molecular weight excluding hydrogens is 322 g/mol. The first kappa shape index (κ1) is 20.0. The van der Waals surface area contributed by atoms with Crippen LogP contribution in [0.2, 0.25) is 0 Å². The Morgan fingerprint density at radius 3 is 2.50 bits per heavy atom. The van der Waals surface area contributed by atoms with Crippen molar-refractivity contribution in [3.63, 3.8) is 0 Å². The molecule has 0 bridgehead atoms. The van der Waals surface area contributed by atoms with Crippen molar-refractivity contribution < 1.29 is 4.84 Å². The second kappa shape index (κ2) is 8.37. The Bertz CT molecular complexity index is 970. The number of hydrogen-bond donors (Lipinski definition) is 1. The maximum absolute atomic E-state index is 5.79. The molecule has 0 aliphatic rings. The van der Waals surface area contributed by atoms with E-state index in [1.54, 1.807) is 0 Å². The van der Waals surface area contributed by atoms with Gasteiger partial charge in [-0.1, -0.05) is 42.9 Å². The van der Waals surface area contributed by atoms with Gasteiger partial charge < -0.3 is 15.1 Å². The highest BCUT2D eigenvalue weighted by atomic mass is 16.6. The van der Waals surface area contributed by atoms with Gasteiger partial charge in [0, 0.05) is 17.3 Å². The highest BCUT2D eigenvalue weighted by molar-refractivity contribution is 5.95. The maximum Gasteiger partial charge on any atom is 0.122 e. The average molecular weight is 354 g/mol. The molecule has 3 aromatic rings. The molecule has 0 aliphatic carbocycles. The summed E-state index contributed by atoms with van der Waals surface area (Å²) in [5.74, 6) is 0. The van der Waals surface area contributed by atoms with Crippen molar-refractivity contribution in [2.75, 3.05) is 6.54 Å². The van der Waals surface area contributed by atoms with E-state index in [0.29, 0.717) is 6.54 Å². The molecule has 3 rings (SSSR count). The van der Waals surface area contributed by atoms with E-state index in [-0.39, 0.29) is 13.5 Å². The van der Waals surface area contributed by atoms with Crippen LogP contribution in [0.3, 0.4) is 0 Å². The van der Waals surface area contributed by atoms with Crippen LogP contribution in [-0.4, -0.2) is 17.2 Å². The third-order valence-electron chi connectivity index (χ3n) is 4.62. The van der Waals surface area contributed by atoms with E-state index < -0.39 is 0 Å². The van der Waals surface area contributed by atoms with E-state index in [9.17, 15) is 0 Å². The first-order chi connectivity index (χ1) is 12.0. The lowest BCUT2D eigenvalue weighted by atomic mass is 10.0. The molecule has 4 heteroatoms. The summed E-state index contributed by atoms with van der Waals surface area (Å²) < 4.78 is 2.38. The summed E-state index contributed by atoms with van der Waals surface area (Å²) in [6.07, 6.45) is 0.987. The van der Waals surface area contributed by atoms with Crippen molar-refractivity contribution in [2.24, 2.45) is 10.9 Å². The number of para-hydroxylation sites is 1. The Labute approximate surface area is 156 Å². The minimum absolute atomic E-state index is 0. The van der Waals surface area contributed by atoms with Crippen LogP contribution in [0.1, 0.15) is 38.8 Å². The molecule has 140 valence electrons. The molecule has 0 spiro atoms. The zero-order chi connectivity index (χ0) is 18.0. The number of aryl methyl sites for hydroxylation is 3. The number of hydrogen-bond acceptors (Lipinski definition) is 3. The van der Waals surface area contributed by atoms with Crippen LogP contribution >= 0.6 is 0 Å². The van der Waals surface area contributed by atoms with Gasteiger partial charge in [0.1, 0.15) is 11.5 Å². The lowest BCUT2D eigenvalue weighted by molar-refractivity contribution is 0.0777. The van der Waals surface area contributed by atoms with Crippen LogP contribution in [0, 0.1) is 13.8 Å². The van der Waals surface area contributed by atoms with Crippen molar-refractivity contribution in [1.82, 2.24) is 4.57 Å². The van der Waals surface area contributed by atoms with Crippen LogP contribution < -0.4 is 11.1 Å². The van der Waals surface area contributed by atoms with E-state index >= 15 is 0 Å². The molecule has 0 amide bonds. The number of fused-ring (bicyclic) bond motifs is 2. The second-order valence-corrected chi connectivity index (χ2v) is 6.81. The standard InChI is InChI=1S/C21H27N3O.CH4/c1-14(2)25-23-20-17-8-5-6-9-19(17)24(13-7-12-22)21-16(4)15(3)10-11-18(20)21;/h5-6,8-11,14H,7,12-13,22H2,1-4H3;1H4/b23-20+;. The van der Waals surface area contributed by atoms with Crippen LogP contribution in [0.25, 0.3) is 21.8 Å². The first-order valence-corrected chi connectivity index (χ1v) is 8.96. The summed E-state index contributed by atoms with van der Waals surface area (Å²) in [4.78, 5) is 5.63. The van der Waals surface area contributed by atoms with Gasteiger partial charge in [-0.05, 0) is 57.9 Å². The van der Waals surface area contributed by atoms with Crippen molar-refractivity contribution in [2.45, 2.75) is 54.2 Å². The maximum atomic E-state index is 5.79. The molecular formula is C22H31N3O. The zero-order valence-electron chi connectivity index (χ0n) is 15.5. The average Bonchev–Trinajstić information content (AvgIpc) is 2.60. The quantitative estimate of drug-likeness (QED) is 0.537. The van der Waals surface area contributed by atoms with Gasteiger partial charge in [0.25, 0.3) is 0 Å². The predicted octanol–water partition coefficient (Wildman–Crippen LogP) is 4.64. The minimum Gasteiger partial charge on any atom is -0.393 e. The molecule has 0 atom stereocenters. The van der Waals surface area contributed by atoms with Gasteiger partial charge >= 0.3 is 0 Å². The first-order valence-electron chi connectivity index (χ1n) is 8.96. The number of benzene rings is 2. The Kier molecular flexibility index (Phi) is 6.43. The Balaban J connectivity index is 0.00000243. The fourth-order valence-corrected chi connectivity index (χ4v) is 3.25. The van der Waals surface area contributed by atoms with Gasteiger partial charge in [-0.2, -0.15) is 0 Å². The molecule has 0 aliphatic heterocycles. The molecule has 0 saturated carbocycles. The molecule has 0 fully saturated rings. The fourth-order valence-electron chi connectivity index (χ4n) is 3.25. The largest absolute Gasteiger partial charge is 0.393 e. The fraction of sp³-hybridized carbons (Fsp3) is 0.409. The monoisotopic (exact) mass is 353 g/mol. The Hall–Kier alpha value is -2.33. The number of pyridine rings is 1. The van der Waals surface area contributed by atoms with Gasteiger partial charge in [-0.15, -0.1) is 0 Å². The molecule has 1 heterocycles. The van der Waals surface area contributed by atoms with Gasteiger partial charge in [0.05, 0.1) is 11.0 Å². The topological polar surface area (TPSA) is 52.5 Å². The van der Waals surface area contributed by atoms with Crippen molar-refractivity contribution in [3.8, 4) is 0 Å². The number of nitrogens with zero attached hydrogens (tertiary/aromatic N) is 2. The predicted molar refractivity (Wildman–Crippen MR) is 111 cm³/mol. The lowest BCUT2D eigenvalue weighted by Gasteiger charge is -2.19. The smallest absolute Gasteiger partial charge is 0.122 e. The summed E-state index contributed by atoms with van der Waals surface area (Å²) >= 11 is 0. The molecule has 26 heavy (non-hydrogen) atoms. The normalized spacial score (nSPS) is 12.0. The van der Waals surface area contributed by atoms with Gasteiger partial charge in [-0.3, -0.25) is 0 Å². The molecule has 0 saturated heterocycles. The molecule has 2 N–H and O–H groups in total. The van der Waals surface area contributed by atoms with Gasteiger partial charge in [0.15, 0.2) is 0 Å². The molecule has 2 aromatic carbocycles. The van der Waals surface area contributed by atoms with Crippen molar-refractivity contribution in [3.05, 3.63) is 52.9 Å². The minimum atomic E-state index is 0. The van der Waals surface area contributed by atoms with Crippen LogP contribution in [0.5, 0.6) is 0 Å². The SMILES string of the molecule is C.Cc1ccc2/c(=N/OC(C)C)c3ccccc3n(CCCN)c2c1C. The van der Waals surface area contributed by atoms with Gasteiger partial charge in [-0.25, -0.2) is 0 Å². The Morgan fingerprint density at radius 1 is 1.08 bits per heavy atom. The summed E-state index contributed by atoms with van der Waals surface area (Å²) in [6, 6.07) is 12.7. The highest BCUT2D eigenvalue weighted by Gasteiger charge is 2.13.